The molecule has 3 aromatic rings. The zero-order valence-electron chi connectivity index (χ0n) is 14.9. The highest BCUT2D eigenvalue weighted by molar-refractivity contribution is 5.94. The predicted octanol–water partition coefficient (Wildman–Crippen LogP) is 3.33. The summed E-state index contributed by atoms with van der Waals surface area (Å²) in [4.78, 5) is 16.7. The second-order valence-electron chi connectivity index (χ2n) is 6.93. The maximum absolute atomic E-state index is 12.5. The molecule has 0 radical (unpaired) electrons. The molecule has 1 N–H and O–H groups in total. The fourth-order valence-corrected chi connectivity index (χ4v) is 2.49. The van der Waals surface area contributed by atoms with E-state index in [1.54, 1.807) is 35.3 Å². The van der Waals surface area contributed by atoms with Crippen molar-refractivity contribution in [2.45, 2.75) is 26.3 Å². The number of pyridine rings is 1. The highest BCUT2D eigenvalue weighted by Gasteiger charge is 2.20. The first kappa shape index (κ1) is 17.4. The number of nitrogens with zero attached hydrogens (tertiary/aromatic N) is 4. The lowest BCUT2D eigenvalue weighted by molar-refractivity contribution is 0.0914. The molecule has 0 unspecified atom stereocenters. The molecule has 3 rings (SSSR count). The topological polar surface area (TPSA) is 83.6 Å². The molecule has 0 aliphatic carbocycles. The maximum Gasteiger partial charge on any atom is 0.272 e. The maximum atomic E-state index is 12.5. The first-order valence-corrected chi connectivity index (χ1v) is 8.21. The van der Waals surface area contributed by atoms with Crippen LogP contribution in [0.5, 0.6) is 0 Å². The molecule has 0 saturated carbocycles. The monoisotopic (exact) mass is 345 g/mol. The number of carbonyl (C=O) groups is 1. The van der Waals surface area contributed by atoms with Crippen LogP contribution in [-0.2, 0) is 0 Å². The molecule has 1 aromatic carbocycles. The van der Waals surface area contributed by atoms with Crippen LogP contribution < -0.4 is 5.32 Å². The molecule has 1 amide bonds. The third kappa shape index (κ3) is 3.78. The summed E-state index contributed by atoms with van der Waals surface area (Å²) in [5, 5.41) is 16.4. The van der Waals surface area contributed by atoms with Gasteiger partial charge in [0.15, 0.2) is 5.69 Å². The number of benzene rings is 1. The summed E-state index contributed by atoms with van der Waals surface area (Å²) < 4.78 is 1.69. The quantitative estimate of drug-likeness (QED) is 0.789. The van der Waals surface area contributed by atoms with Gasteiger partial charge < -0.3 is 5.32 Å². The fourth-order valence-electron chi connectivity index (χ4n) is 2.49. The smallest absolute Gasteiger partial charge is 0.272 e. The number of hydrogen-bond acceptors (Lipinski definition) is 4. The van der Waals surface area contributed by atoms with E-state index in [0.717, 1.165) is 16.9 Å². The minimum atomic E-state index is -0.357. The molecule has 0 aliphatic rings. The van der Waals surface area contributed by atoms with Crippen LogP contribution in [0.3, 0.4) is 0 Å². The van der Waals surface area contributed by atoms with Gasteiger partial charge in [0, 0.05) is 17.3 Å². The van der Waals surface area contributed by atoms with Gasteiger partial charge in [0.25, 0.3) is 5.91 Å². The van der Waals surface area contributed by atoms with E-state index in [0.29, 0.717) is 11.3 Å². The molecule has 0 aliphatic heterocycles. The molecular weight excluding hydrogens is 326 g/mol. The Morgan fingerprint density at radius 1 is 1.19 bits per heavy atom. The van der Waals surface area contributed by atoms with Gasteiger partial charge in [0.2, 0.25) is 0 Å². The van der Waals surface area contributed by atoms with Gasteiger partial charge in [0.1, 0.15) is 0 Å². The number of nitriles is 1. The average Bonchev–Trinajstić information content (AvgIpc) is 3.07. The Bertz CT molecular complexity index is 960. The molecule has 2 aromatic heterocycles. The second-order valence-corrected chi connectivity index (χ2v) is 6.93. The Kier molecular flexibility index (Phi) is 4.55. The fraction of sp³-hybridized carbons (Fsp3) is 0.200. The first-order valence-electron chi connectivity index (χ1n) is 8.21. The Balaban J connectivity index is 2.09. The molecule has 6 heteroatoms. The Labute approximate surface area is 152 Å². The van der Waals surface area contributed by atoms with Crippen molar-refractivity contribution in [2.24, 2.45) is 0 Å². The van der Waals surface area contributed by atoms with E-state index >= 15 is 0 Å². The summed E-state index contributed by atoms with van der Waals surface area (Å²) in [6, 6.07) is 14.7. The highest BCUT2D eigenvalue weighted by Crippen LogP contribution is 2.24. The molecule has 6 nitrogen and oxygen atoms in total. The van der Waals surface area contributed by atoms with E-state index in [4.69, 9.17) is 5.26 Å². The zero-order chi connectivity index (χ0) is 18.7. The van der Waals surface area contributed by atoms with Gasteiger partial charge >= 0.3 is 0 Å². The van der Waals surface area contributed by atoms with E-state index in [2.05, 4.69) is 21.5 Å². The Morgan fingerprint density at radius 2 is 1.92 bits per heavy atom. The second kappa shape index (κ2) is 6.81. The minimum Gasteiger partial charge on any atom is -0.346 e. The van der Waals surface area contributed by atoms with Gasteiger partial charge in [-0.05, 0) is 51.1 Å². The lowest BCUT2D eigenvalue weighted by atomic mass is 10.1. The van der Waals surface area contributed by atoms with E-state index in [1.807, 2.05) is 45.0 Å². The zero-order valence-corrected chi connectivity index (χ0v) is 14.9. The SMILES string of the molecule is CC(C)(C)NC(=O)c1cc(-c2ccc(C#N)cc2)n(-c2cccnc2)n1. The van der Waals surface area contributed by atoms with Gasteiger partial charge in [-0.15, -0.1) is 0 Å². The normalized spacial score (nSPS) is 11.0. The van der Waals surface area contributed by atoms with Crippen molar-refractivity contribution in [3.63, 3.8) is 0 Å². The number of amides is 1. The van der Waals surface area contributed by atoms with E-state index in [9.17, 15) is 4.79 Å². The molecule has 0 saturated heterocycles. The van der Waals surface area contributed by atoms with Crippen LogP contribution in [0.4, 0.5) is 0 Å². The van der Waals surface area contributed by atoms with Crippen LogP contribution in [0.2, 0.25) is 0 Å². The molecule has 0 bridgehead atoms. The number of hydrogen-bond donors (Lipinski definition) is 1. The molecule has 0 spiro atoms. The molecule has 26 heavy (non-hydrogen) atoms. The summed E-state index contributed by atoms with van der Waals surface area (Å²) >= 11 is 0. The average molecular weight is 345 g/mol. The summed E-state index contributed by atoms with van der Waals surface area (Å²) in [7, 11) is 0. The third-order valence-electron chi connectivity index (χ3n) is 3.63. The van der Waals surface area contributed by atoms with E-state index < -0.39 is 0 Å². The number of nitrogens with one attached hydrogen (secondary N) is 1. The Morgan fingerprint density at radius 3 is 2.50 bits per heavy atom. The summed E-state index contributed by atoms with van der Waals surface area (Å²) in [5.41, 5.74) is 2.90. The van der Waals surface area contributed by atoms with Gasteiger partial charge in [-0.25, -0.2) is 4.68 Å². The van der Waals surface area contributed by atoms with Crippen molar-refractivity contribution in [1.82, 2.24) is 20.1 Å². The van der Waals surface area contributed by atoms with Crippen LogP contribution in [0.15, 0.2) is 54.9 Å². The van der Waals surface area contributed by atoms with Gasteiger partial charge in [0.05, 0.1) is 29.2 Å². The number of aromatic nitrogens is 3. The van der Waals surface area contributed by atoms with Crippen LogP contribution >= 0.6 is 0 Å². The molecule has 130 valence electrons. The molecular formula is C20H19N5O. The standard InChI is InChI=1S/C20H19N5O/c1-20(2,3)23-19(26)17-11-18(15-8-6-14(12-21)7-9-15)25(24-17)16-5-4-10-22-13-16/h4-11,13H,1-3H3,(H,23,26). The van der Waals surface area contributed by atoms with Crippen molar-refractivity contribution >= 4 is 5.91 Å². The van der Waals surface area contributed by atoms with Crippen molar-refractivity contribution in [3.8, 4) is 23.0 Å². The summed E-state index contributed by atoms with van der Waals surface area (Å²) in [5.74, 6) is -0.241. The van der Waals surface area contributed by atoms with Crippen molar-refractivity contribution in [2.75, 3.05) is 0 Å². The lowest BCUT2D eigenvalue weighted by Crippen LogP contribution is -2.40. The van der Waals surface area contributed by atoms with E-state index in [-0.39, 0.29) is 11.4 Å². The van der Waals surface area contributed by atoms with Gasteiger partial charge in [-0.3, -0.25) is 9.78 Å². The van der Waals surface area contributed by atoms with Crippen molar-refractivity contribution in [1.29, 1.82) is 5.26 Å². The Hall–Kier alpha value is -3.46. The van der Waals surface area contributed by atoms with Crippen LogP contribution in [0, 0.1) is 11.3 Å². The third-order valence-corrected chi connectivity index (χ3v) is 3.63. The van der Waals surface area contributed by atoms with Crippen molar-refractivity contribution in [3.05, 3.63) is 66.1 Å². The minimum absolute atomic E-state index is 0.241. The largest absolute Gasteiger partial charge is 0.346 e. The van der Waals surface area contributed by atoms with Crippen LogP contribution in [0.25, 0.3) is 16.9 Å². The lowest BCUT2D eigenvalue weighted by Gasteiger charge is -2.19. The van der Waals surface area contributed by atoms with E-state index in [1.165, 1.54) is 0 Å². The first-order chi connectivity index (χ1) is 12.4. The summed E-state index contributed by atoms with van der Waals surface area (Å²) in [6.07, 6.45) is 3.37. The van der Waals surface area contributed by atoms with Gasteiger partial charge in [-0.2, -0.15) is 10.4 Å². The molecule has 0 fully saturated rings. The highest BCUT2D eigenvalue weighted by atomic mass is 16.2. The van der Waals surface area contributed by atoms with Crippen molar-refractivity contribution < 1.29 is 4.79 Å². The predicted molar refractivity (Wildman–Crippen MR) is 98.7 cm³/mol. The molecule has 0 atom stereocenters. The number of carbonyl (C=O) groups excluding carboxylic acids is 1. The van der Waals surface area contributed by atoms with Crippen LogP contribution in [0.1, 0.15) is 36.8 Å². The number of rotatable bonds is 3. The van der Waals surface area contributed by atoms with Crippen LogP contribution in [-0.4, -0.2) is 26.2 Å². The molecule has 2 heterocycles. The van der Waals surface area contributed by atoms with Gasteiger partial charge in [-0.1, -0.05) is 12.1 Å². The summed E-state index contributed by atoms with van der Waals surface area (Å²) in [6.45, 7) is 5.76.